The van der Waals surface area contributed by atoms with Crippen LogP contribution in [0.5, 0.6) is 0 Å². The molecule has 0 aliphatic heterocycles. The summed E-state index contributed by atoms with van der Waals surface area (Å²) in [6, 6.07) is 7.69. The van der Waals surface area contributed by atoms with Gasteiger partial charge in [0.1, 0.15) is 0 Å². The van der Waals surface area contributed by atoms with Gasteiger partial charge in [0.2, 0.25) is 0 Å². The first-order chi connectivity index (χ1) is 9.47. The Labute approximate surface area is 131 Å². The molecular weight excluding hydrogens is 312 g/mol. The molecule has 0 heterocycles. The van der Waals surface area contributed by atoms with Crippen LogP contribution in [0.2, 0.25) is 0 Å². The third-order valence-corrected chi connectivity index (χ3v) is 4.31. The molecule has 1 aliphatic carbocycles. The Hall–Kier alpha value is -0.380. The van der Waals surface area contributed by atoms with Crippen molar-refractivity contribution in [2.45, 2.75) is 46.2 Å². The summed E-state index contributed by atoms with van der Waals surface area (Å²) < 4.78 is 1.18. The van der Waals surface area contributed by atoms with E-state index in [4.69, 9.17) is 0 Å². The summed E-state index contributed by atoms with van der Waals surface area (Å²) in [4.78, 5) is 0. The van der Waals surface area contributed by atoms with E-state index in [1.165, 1.54) is 15.6 Å². The van der Waals surface area contributed by atoms with Gasteiger partial charge in [-0.2, -0.15) is 0 Å². The van der Waals surface area contributed by atoms with E-state index in [1.54, 1.807) is 0 Å². The largest absolute Gasteiger partial charge is 0.310 e. The normalized spacial score (nSPS) is 21.8. The van der Waals surface area contributed by atoms with Gasteiger partial charge in [0.15, 0.2) is 0 Å². The molecule has 2 N–H and O–H groups in total. The van der Waals surface area contributed by atoms with E-state index < -0.39 is 0 Å². The van der Waals surface area contributed by atoms with Crippen molar-refractivity contribution in [2.24, 2.45) is 11.8 Å². The van der Waals surface area contributed by atoms with Gasteiger partial charge in [-0.05, 0) is 54.6 Å². The van der Waals surface area contributed by atoms with Gasteiger partial charge in [0.25, 0.3) is 0 Å². The lowest BCUT2D eigenvalue weighted by Gasteiger charge is -2.17. The van der Waals surface area contributed by atoms with E-state index in [0.717, 1.165) is 19.5 Å². The smallest absolute Gasteiger partial charge is 0.0342 e. The molecule has 0 spiro atoms. The molecule has 2 nitrogen and oxygen atoms in total. The van der Waals surface area contributed by atoms with Gasteiger partial charge < -0.3 is 10.6 Å². The molecule has 2 atom stereocenters. The summed E-state index contributed by atoms with van der Waals surface area (Å²) >= 11 is 3.61. The van der Waals surface area contributed by atoms with Gasteiger partial charge in [-0.25, -0.2) is 0 Å². The van der Waals surface area contributed by atoms with Gasteiger partial charge in [-0.15, -0.1) is 0 Å². The van der Waals surface area contributed by atoms with E-state index in [2.05, 4.69) is 72.5 Å². The van der Waals surface area contributed by atoms with Crippen molar-refractivity contribution in [3.05, 3.63) is 33.8 Å². The molecule has 0 saturated heterocycles. The van der Waals surface area contributed by atoms with Gasteiger partial charge in [0.05, 0.1) is 0 Å². The average molecular weight is 339 g/mol. The van der Waals surface area contributed by atoms with Crippen LogP contribution in [0, 0.1) is 11.8 Å². The van der Waals surface area contributed by atoms with Crippen LogP contribution in [0.1, 0.15) is 57.3 Å². The van der Waals surface area contributed by atoms with Crippen LogP contribution in [-0.4, -0.2) is 13.1 Å². The third-order valence-electron chi connectivity index (χ3n) is 3.82. The molecule has 0 fully saturated rings. The van der Waals surface area contributed by atoms with E-state index >= 15 is 0 Å². The van der Waals surface area contributed by atoms with Crippen molar-refractivity contribution in [3.8, 4) is 0 Å². The van der Waals surface area contributed by atoms with Crippen LogP contribution in [0.3, 0.4) is 0 Å². The van der Waals surface area contributed by atoms with Crippen molar-refractivity contribution in [1.82, 2.24) is 10.6 Å². The number of nitrogens with one attached hydrogen (secondary N) is 2. The Bertz CT molecular complexity index is 443. The van der Waals surface area contributed by atoms with Crippen LogP contribution in [0.25, 0.3) is 0 Å². The highest BCUT2D eigenvalue weighted by atomic mass is 79.9. The van der Waals surface area contributed by atoms with Crippen LogP contribution >= 0.6 is 15.9 Å². The Morgan fingerprint density at radius 3 is 2.10 bits per heavy atom. The Morgan fingerprint density at radius 1 is 1.00 bits per heavy atom. The van der Waals surface area contributed by atoms with E-state index in [0.29, 0.717) is 23.9 Å². The fourth-order valence-corrected chi connectivity index (χ4v) is 3.18. The number of fused-ring (bicyclic) bond motifs is 1. The summed E-state index contributed by atoms with van der Waals surface area (Å²) in [6.07, 6.45) is 1.16. The molecule has 0 saturated carbocycles. The highest BCUT2D eigenvalue weighted by Gasteiger charge is 2.30. The van der Waals surface area contributed by atoms with Gasteiger partial charge >= 0.3 is 0 Å². The summed E-state index contributed by atoms with van der Waals surface area (Å²) in [5.41, 5.74) is 2.93. The van der Waals surface area contributed by atoms with Crippen molar-refractivity contribution in [3.63, 3.8) is 0 Å². The minimum Gasteiger partial charge on any atom is -0.310 e. The first-order valence-corrected chi connectivity index (χ1v) is 8.52. The molecule has 1 aliphatic rings. The van der Waals surface area contributed by atoms with E-state index in [9.17, 15) is 0 Å². The Balaban J connectivity index is 2.12. The maximum atomic E-state index is 3.72. The van der Waals surface area contributed by atoms with E-state index in [-0.39, 0.29) is 0 Å². The molecule has 0 amide bonds. The van der Waals surface area contributed by atoms with Crippen LogP contribution in [0.15, 0.2) is 22.7 Å². The van der Waals surface area contributed by atoms with Crippen molar-refractivity contribution in [2.75, 3.05) is 13.1 Å². The topological polar surface area (TPSA) is 24.1 Å². The van der Waals surface area contributed by atoms with Crippen LogP contribution in [0.4, 0.5) is 0 Å². The van der Waals surface area contributed by atoms with Crippen LogP contribution in [-0.2, 0) is 0 Å². The average Bonchev–Trinajstić information content (AvgIpc) is 2.71. The minimum atomic E-state index is 0.481. The zero-order valence-corrected chi connectivity index (χ0v) is 14.6. The Kier molecular flexibility index (Phi) is 5.65. The van der Waals surface area contributed by atoms with E-state index in [1.807, 2.05) is 0 Å². The van der Waals surface area contributed by atoms with Crippen LogP contribution < -0.4 is 10.6 Å². The maximum Gasteiger partial charge on any atom is 0.0342 e. The molecule has 20 heavy (non-hydrogen) atoms. The predicted octanol–water partition coefficient (Wildman–Crippen LogP) is 4.43. The molecule has 2 rings (SSSR count). The maximum absolute atomic E-state index is 3.72. The summed E-state index contributed by atoms with van der Waals surface area (Å²) in [6.45, 7) is 11.2. The second kappa shape index (κ2) is 7.06. The third kappa shape index (κ3) is 4.06. The van der Waals surface area contributed by atoms with Gasteiger partial charge in [-0.3, -0.25) is 0 Å². The highest BCUT2D eigenvalue weighted by molar-refractivity contribution is 9.10. The number of benzene rings is 1. The fourth-order valence-electron chi connectivity index (χ4n) is 2.80. The highest BCUT2D eigenvalue weighted by Crippen LogP contribution is 2.40. The molecule has 3 heteroatoms. The van der Waals surface area contributed by atoms with Gasteiger partial charge in [-0.1, -0.05) is 49.7 Å². The lowest BCUT2D eigenvalue weighted by Crippen LogP contribution is -2.27. The molecule has 0 bridgehead atoms. The number of hydrogen-bond donors (Lipinski definition) is 2. The zero-order valence-electron chi connectivity index (χ0n) is 13.0. The molecule has 1 aromatic carbocycles. The fraction of sp³-hybridized carbons (Fsp3) is 0.647. The summed E-state index contributed by atoms with van der Waals surface area (Å²) in [5, 5.41) is 7.44. The predicted molar refractivity (Wildman–Crippen MR) is 89.9 cm³/mol. The monoisotopic (exact) mass is 338 g/mol. The van der Waals surface area contributed by atoms with Gasteiger partial charge in [0, 0.05) is 16.6 Å². The summed E-state index contributed by atoms with van der Waals surface area (Å²) in [7, 11) is 0. The minimum absolute atomic E-state index is 0.481. The standard InChI is InChI=1S/C17H27BrN2/c1-11(2)9-19-16-8-17(20-10-12(3)4)15-7-13(18)5-6-14(15)16/h5-7,11-12,16-17,19-20H,8-10H2,1-4H3. The molecule has 0 aromatic heterocycles. The van der Waals surface area contributed by atoms with Crippen molar-refractivity contribution < 1.29 is 0 Å². The van der Waals surface area contributed by atoms with Crippen molar-refractivity contribution >= 4 is 15.9 Å². The quantitative estimate of drug-likeness (QED) is 0.801. The number of halogens is 1. The SMILES string of the molecule is CC(C)CNC1CC(NCC(C)C)c2cc(Br)ccc21. The molecular formula is C17H27BrN2. The Morgan fingerprint density at radius 2 is 1.55 bits per heavy atom. The van der Waals surface area contributed by atoms with Crippen molar-refractivity contribution in [1.29, 1.82) is 0 Å². The lowest BCUT2D eigenvalue weighted by atomic mass is 10.1. The summed E-state index contributed by atoms with van der Waals surface area (Å²) in [5.74, 6) is 1.38. The molecule has 0 radical (unpaired) electrons. The zero-order chi connectivity index (χ0) is 14.7. The molecule has 2 unspecified atom stereocenters. The molecule has 112 valence electrons. The second-order valence-corrected chi connectivity index (χ2v) is 7.63. The first-order valence-electron chi connectivity index (χ1n) is 7.73. The first kappa shape index (κ1) is 16.0. The second-order valence-electron chi connectivity index (χ2n) is 6.72. The lowest BCUT2D eigenvalue weighted by molar-refractivity contribution is 0.409. The number of hydrogen-bond acceptors (Lipinski definition) is 2. The molecule has 1 aromatic rings. The number of rotatable bonds is 6.